The summed E-state index contributed by atoms with van der Waals surface area (Å²) in [4.78, 5) is 22.9. The summed E-state index contributed by atoms with van der Waals surface area (Å²) < 4.78 is 5.43. The summed E-state index contributed by atoms with van der Waals surface area (Å²) in [7, 11) is 0. The predicted octanol–water partition coefficient (Wildman–Crippen LogP) is 2.93. The van der Waals surface area contributed by atoms with Crippen LogP contribution in [0.1, 0.15) is 59.3 Å². The molecule has 0 unspecified atom stereocenters. The van der Waals surface area contributed by atoms with Crippen molar-refractivity contribution in [2.24, 2.45) is 5.92 Å². The third-order valence-corrected chi connectivity index (χ3v) is 3.55. The first-order chi connectivity index (χ1) is 8.82. The van der Waals surface area contributed by atoms with Crippen LogP contribution in [-0.2, 0) is 9.53 Å². The van der Waals surface area contributed by atoms with E-state index in [0.717, 1.165) is 25.7 Å². The Bertz CT molecular complexity index is 321. The maximum atomic E-state index is 11.8. The number of hydrogen-bond acceptors (Lipinski definition) is 3. The molecule has 0 spiro atoms. The molecule has 0 bridgehead atoms. The lowest BCUT2D eigenvalue weighted by Crippen LogP contribution is -2.45. The number of alkyl carbamates (subject to hydrolysis) is 1. The van der Waals surface area contributed by atoms with Gasteiger partial charge in [0.25, 0.3) is 0 Å². The van der Waals surface area contributed by atoms with Crippen molar-refractivity contribution < 1.29 is 19.4 Å². The van der Waals surface area contributed by atoms with Crippen molar-refractivity contribution in [2.45, 2.75) is 70.9 Å². The van der Waals surface area contributed by atoms with Crippen LogP contribution in [0.4, 0.5) is 4.79 Å². The zero-order valence-electron chi connectivity index (χ0n) is 12.1. The van der Waals surface area contributed by atoms with Gasteiger partial charge in [0.1, 0.15) is 11.6 Å². The second kappa shape index (κ2) is 6.78. The number of carbonyl (C=O) groups is 2. The maximum Gasteiger partial charge on any atom is 0.408 e. The van der Waals surface area contributed by atoms with Crippen LogP contribution in [0.3, 0.4) is 0 Å². The van der Waals surface area contributed by atoms with E-state index in [9.17, 15) is 9.59 Å². The zero-order chi connectivity index (χ0) is 14.5. The first kappa shape index (κ1) is 15.8. The van der Waals surface area contributed by atoms with Crippen LogP contribution in [0.15, 0.2) is 0 Å². The van der Waals surface area contributed by atoms with Gasteiger partial charge < -0.3 is 15.2 Å². The third kappa shape index (κ3) is 5.49. The van der Waals surface area contributed by atoms with Gasteiger partial charge in [0, 0.05) is 0 Å². The van der Waals surface area contributed by atoms with Crippen molar-refractivity contribution in [2.75, 3.05) is 0 Å². The highest BCUT2D eigenvalue weighted by Gasteiger charge is 2.32. The fourth-order valence-corrected chi connectivity index (χ4v) is 2.49. The van der Waals surface area contributed by atoms with Gasteiger partial charge in [-0.1, -0.05) is 20.3 Å². The van der Waals surface area contributed by atoms with Crippen LogP contribution in [0, 0.1) is 5.92 Å². The summed E-state index contributed by atoms with van der Waals surface area (Å²) in [5.74, 6) is -0.814. The minimum Gasteiger partial charge on any atom is -0.480 e. The van der Waals surface area contributed by atoms with Crippen molar-refractivity contribution >= 4 is 12.1 Å². The number of rotatable bonds is 5. The summed E-state index contributed by atoms with van der Waals surface area (Å²) >= 11 is 0. The Morgan fingerprint density at radius 3 is 2.32 bits per heavy atom. The first-order valence-electron chi connectivity index (χ1n) is 7.05. The van der Waals surface area contributed by atoms with Gasteiger partial charge in [-0.2, -0.15) is 0 Å². The Morgan fingerprint density at radius 1 is 1.26 bits per heavy atom. The average molecular weight is 271 g/mol. The lowest BCUT2D eigenvalue weighted by Gasteiger charge is -2.33. The summed E-state index contributed by atoms with van der Waals surface area (Å²) in [5.41, 5.74) is -0.441. The van der Waals surface area contributed by atoms with E-state index in [1.54, 1.807) is 0 Å². The number of carboxylic acids is 1. The van der Waals surface area contributed by atoms with Gasteiger partial charge in [-0.3, -0.25) is 0 Å². The minimum atomic E-state index is -1.01. The van der Waals surface area contributed by atoms with E-state index < -0.39 is 23.7 Å². The van der Waals surface area contributed by atoms with Gasteiger partial charge in [-0.15, -0.1) is 0 Å². The highest BCUT2D eigenvalue weighted by atomic mass is 16.6. The van der Waals surface area contributed by atoms with Crippen LogP contribution >= 0.6 is 0 Å². The Balaban J connectivity index is 2.50. The number of ether oxygens (including phenoxy) is 1. The average Bonchev–Trinajstić information content (AvgIpc) is 2.27. The van der Waals surface area contributed by atoms with E-state index in [1.807, 2.05) is 20.8 Å². The Morgan fingerprint density at radius 2 is 1.84 bits per heavy atom. The minimum absolute atomic E-state index is 0.201. The molecule has 0 heterocycles. The Labute approximate surface area is 114 Å². The largest absolute Gasteiger partial charge is 0.480 e. The molecule has 1 amide bonds. The Hall–Kier alpha value is -1.26. The van der Waals surface area contributed by atoms with Gasteiger partial charge in [-0.05, 0) is 44.9 Å². The number of carbonyl (C=O) groups excluding carboxylic acids is 1. The molecule has 19 heavy (non-hydrogen) atoms. The molecule has 0 aromatic heterocycles. The molecule has 5 nitrogen and oxygen atoms in total. The quantitative estimate of drug-likeness (QED) is 0.806. The zero-order valence-corrected chi connectivity index (χ0v) is 12.1. The van der Waals surface area contributed by atoms with Crippen molar-refractivity contribution in [3.8, 4) is 0 Å². The van der Waals surface area contributed by atoms with Gasteiger partial charge >= 0.3 is 12.1 Å². The van der Waals surface area contributed by atoms with Crippen molar-refractivity contribution in [1.29, 1.82) is 0 Å². The second-order valence-electron chi connectivity index (χ2n) is 6.06. The van der Waals surface area contributed by atoms with Crippen LogP contribution in [0.25, 0.3) is 0 Å². The molecular weight excluding hydrogens is 246 g/mol. The lowest BCUT2D eigenvalue weighted by atomic mass is 9.86. The summed E-state index contributed by atoms with van der Waals surface area (Å²) in [5, 5.41) is 11.5. The van der Waals surface area contributed by atoms with Crippen LogP contribution in [0.5, 0.6) is 0 Å². The molecule has 2 N–H and O–H groups in total. The van der Waals surface area contributed by atoms with Crippen molar-refractivity contribution in [1.82, 2.24) is 5.32 Å². The molecule has 1 fully saturated rings. The topological polar surface area (TPSA) is 75.6 Å². The number of nitrogens with one attached hydrogen (secondary N) is 1. The molecule has 1 aliphatic carbocycles. The molecule has 5 heteroatoms. The molecule has 0 aromatic carbocycles. The SMILES string of the molecule is CC(C)C[C@H](NC(=O)OC1(C)CCCCC1)C(=O)O. The molecule has 0 radical (unpaired) electrons. The van der Waals surface area contributed by atoms with Crippen LogP contribution in [-0.4, -0.2) is 28.8 Å². The van der Waals surface area contributed by atoms with E-state index in [4.69, 9.17) is 9.84 Å². The molecule has 0 aromatic rings. The summed E-state index contributed by atoms with van der Waals surface area (Å²) in [6.07, 6.45) is 4.77. The van der Waals surface area contributed by atoms with E-state index in [-0.39, 0.29) is 5.92 Å². The molecule has 1 rings (SSSR count). The van der Waals surface area contributed by atoms with Gasteiger partial charge in [0.15, 0.2) is 0 Å². The normalized spacial score (nSPS) is 19.8. The fourth-order valence-electron chi connectivity index (χ4n) is 2.49. The standard InChI is InChI=1S/C14H25NO4/c1-10(2)9-11(12(16)17)15-13(18)19-14(3)7-5-4-6-8-14/h10-11H,4-9H2,1-3H3,(H,15,18)(H,16,17)/t11-/m0/s1. The number of amides is 1. The second-order valence-corrected chi connectivity index (χ2v) is 6.06. The van der Waals surface area contributed by atoms with Crippen LogP contribution in [0.2, 0.25) is 0 Å². The highest BCUT2D eigenvalue weighted by Crippen LogP contribution is 2.31. The first-order valence-corrected chi connectivity index (χ1v) is 7.05. The molecular formula is C14H25NO4. The maximum absolute atomic E-state index is 11.8. The molecule has 1 atom stereocenters. The smallest absolute Gasteiger partial charge is 0.408 e. The summed E-state index contributed by atoms with van der Waals surface area (Å²) in [6.45, 7) is 5.76. The van der Waals surface area contributed by atoms with E-state index in [2.05, 4.69) is 5.32 Å². The monoisotopic (exact) mass is 271 g/mol. The molecule has 110 valence electrons. The van der Waals surface area contributed by atoms with Crippen molar-refractivity contribution in [3.63, 3.8) is 0 Å². The fraction of sp³-hybridized carbons (Fsp3) is 0.857. The van der Waals surface area contributed by atoms with Gasteiger partial charge in [0.2, 0.25) is 0 Å². The number of carboxylic acid groups (broad SMARTS) is 1. The molecule has 0 saturated heterocycles. The van der Waals surface area contributed by atoms with Gasteiger partial charge in [-0.25, -0.2) is 9.59 Å². The number of hydrogen-bond donors (Lipinski definition) is 2. The van der Waals surface area contributed by atoms with Crippen molar-refractivity contribution in [3.05, 3.63) is 0 Å². The lowest BCUT2D eigenvalue weighted by molar-refractivity contribution is -0.140. The van der Waals surface area contributed by atoms with E-state index >= 15 is 0 Å². The van der Waals surface area contributed by atoms with Gasteiger partial charge in [0.05, 0.1) is 0 Å². The predicted molar refractivity (Wildman–Crippen MR) is 72.0 cm³/mol. The number of aliphatic carboxylic acids is 1. The Kier molecular flexibility index (Phi) is 5.63. The van der Waals surface area contributed by atoms with E-state index in [0.29, 0.717) is 6.42 Å². The molecule has 0 aliphatic heterocycles. The van der Waals surface area contributed by atoms with E-state index in [1.165, 1.54) is 6.42 Å². The molecule has 1 aliphatic rings. The summed E-state index contributed by atoms with van der Waals surface area (Å²) in [6, 6.07) is -0.875. The molecule has 1 saturated carbocycles. The van der Waals surface area contributed by atoms with Crippen LogP contribution < -0.4 is 5.32 Å². The third-order valence-electron chi connectivity index (χ3n) is 3.55. The highest BCUT2D eigenvalue weighted by molar-refractivity contribution is 5.80.